The molecule has 1 aliphatic carbocycles. The van der Waals surface area contributed by atoms with Gasteiger partial charge in [-0.05, 0) is 38.8 Å². The van der Waals surface area contributed by atoms with Gasteiger partial charge in [-0.2, -0.15) is 0 Å². The van der Waals surface area contributed by atoms with Gasteiger partial charge in [-0.15, -0.1) is 0 Å². The lowest BCUT2D eigenvalue weighted by atomic mass is 9.90. The van der Waals surface area contributed by atoms with Crippen molar-refractivity contribution in [3.63, 3.8) is 0 Å². The van der Waals surface area contributed by atoms with Gasteiger partial charge in [0.05, 0.1) is 4.92 Å². The Hall–Kier alpha value is -1.89. The van der Waals surface area contributed by atoms with Crippen molar-refractivity contribution in [3.8, 4) is 0 Å². The SMILES string of the molecule is CNC1CCC(N(C)c2ccc([N+](=O)[O-])c(N)n2)CC1. The fourth-order valence-corrected chi connectivity index (χ4v) is 2.75. The lowest BCUT2D eigenvalue weighted by Gasteiger charge is -2.35. The fourth-order valence-electron chi connectivity index (χ4n) is 2.75. The molecule has 0 amide bonds. The molecule has 1 aromatic rings. The summed E-state index contributed by atoms with van der Waals surface area (Å²) in [7, 11) is 3.96. The van der Waals surface area contributed by atoms with E-state index in [2.05, 4.69) is 15.2 Å². The Labute approximate surface area is 118 Å². The average Bonchev–Trinajstić information content (AvgIpc) is 2.46. The highest BCUT2D eigenvalue weighted by Crippen LogP contribution is 2.28. The molecule has 0 saturated heterocycles. The van der Waals surface area contributed by atoms with Gasteiger partial charge in [-0.25, -0.2) is 4.98 Å². The van der Waals surface area contributed by atoms with Gasteiger partial charge < -0.3 is 16.0 Å². The van der Waals surface area contributed by atoms with Crippen LogP contribution in [0.5, 0.6) is 0 Å². The second-order valence-corrected chi connectivity index (χ2v) is 5.24. The molecule has 0 bridgehead atoms. The standard InChI is InChI=1S/C13H21N5O2/c1-15-9-3-5-10(6-4-9)17(2)12-8-7-11(18(19)20)13(14)16-12/h7-10,15H,3-6H2,1-2H3,(H2,14,16). The van der Waals surface area contributed by atoms with Crippen LogP contribution in [0.1, 0.15) is 25.7 Å². The van der Waals surface area contributed by atoms with Gasteiger partial charge >= 0.3 is 5.69 Å². The topological polar surface area (TPSA) is 97.3 Å². The van der Waals surface area contributed by atoms with Gasteiger partial charge in [0.15, 0.2) is 0 Å². The smallest absolute Gasteiger partial charge is 0.311 e. The number of rotatable bonds is 4. The predicted molar refractivity (Wildman–Crippen MR) is 78.8 cm³/mol. The Bertz CT molecular complexity index is 486. The van der Waals surface area contributed by atoms with Crippen LogP contribution < -0.4 is 16.0 Å². The molecule has 0 aliphatic heterocycles. The van der Waals surface area contributed by atoms with E-state index in [9.17, 15) is 10.1 Å². The number of pyridine rings is 1. The molecule has 0 aromatic carbocycles. The van der Waals surface area contributed by atoms with E-state index in [1.54, 1.807) is 6.07 Å². The normalized spacial score (nSPS) is 22.5. The predicted octanol–water partition coefficient (Wildman–Crippen LogP) is 1.54. The Morgan fingerprint density at radius 1 is 1.40 bits per heavy atom. The van der Waals surface area contributed by atoms with E-state index < -0.39 is 4.92 Å². The van der Waals surface area contributed by atoms with Crippen LogP contribution in [0.2, 0.25) is 0 Å². The minimum absolute atomic E-state index is 0.0248. The molecule has 1 heterocycles. The largest absolute Gasteiger partial charge is 0.378 e. The van der Waals surface area contributed by atoms with Crippen molar-refractivity contribution in [1.82, 2.24) is 10.3 Å². The lowest BCUT2D eigenvalue weighted by molar-refractivity contribution is -0.384. The van der Waals surface area contributed by atoms with Crippen molar-refractivity contribution in [2.45, 2.75) is 37.8 Å². The zero-order valence-electron chi connectivity index (χ0n) is 11.9. The van der Waals surface area contributed by atoms with Gasteiger partial charge in [0.2, 0.25) is 5.82 Å². The summed E-state index contributed by atoms with van der Waals surface area (Å²) in [4.78, 5) is 16.5. The van der Waals surface area contributed by atoms with Gasteiger partial charge in [-0.1, -0.05) is 0 Å². The van der Waals surface area contributed by atoms with Gasteiger partial charge in [0.1, 0.15) is 5.82 Å². The maximum atomic E-state index is 10.7. The third-order valence-corrected chi connectivity index (χ3v) is 4.10. The van der Waals surface area contributed by atoms with E-state index in [1.807, 2.05) is 14.1 Å². The zero-order valence-corrected chi connectivity index (χ0v) is 11.9. The van der Waals surface area contributed by atoms with E-state index >= 15 is 0 Å². The number of hydrogen-bond donors (Lipinski definition) is 2. The summed E-state index contributed by atoms with van der Waals surface area (Å²) >= 11 is 0. The van der Waals surface area contributed by atoms with Crippen LogP contribution in [-0.4, -0.2) is 36.1 Å². The van der Waals surface area contributed by atoms with Gasteiger partial charge in [0.25, 0.3) is 0 Å². The van der Waals surface area contributed by atoms with Crippen LogP contribution in [0.4, 0.5) is 17.3 Å². The van der Waals surface area contributed by atoms with Crippen LogP contribution in [0, 0.1) is 10.1 Å². The molecule has 1 fully saturated rings. The van der Waals surface area contributed by atoms with E-state index in [1.165, 1.54) is 6.07 Å². The number of nitrogens with one attached hydrogen (secondary N) is 1. The quantitative estimate of drug-likeness (QED) is 0.641. The molecule has 110 valence electrons. The summed E-state index contributed by atoms with van der Waals surface area (Å²) < 4.78 is 0. The molecule has 1 saturated carbocycles. The molecule has 1 aliphatic rings. The Kier molecular flexibility index (Phi) is 4.39. The lowest BCUT2D eigenvalue weighted by Crippen LogP contribution is -2.40. The number of nitro groups is 1. The number of anilines is 2. The number of nitrogens with two attached hydrogens (primary N) is 1. The van der Waals surface area contributed by atoms with Gasteiger partial charge in [-0.3, -0.25) is 10.1 Å². The minimum Gasteiger partial charge on any atom is -0.378 e. The van der Waals surface area contributed by atoms with E-state index in [0.717, 1.165) is 25.7 Å². The molecule has 1 aromatic heterocycles. The first-order valence-corrected chi connectivity index (χ1v) is 6.84. The van der Waals surface area contributed by atoms with Crippen molar-refractivity contribution in [2.24, 2.45) is 0 Å². The molecule has 3 N–H and O–H groups in total. The minimum atomic E-state index is -0.510. The summed E-state index contributed by atoms with van der Waals surface area (Å²) in [5.74, 6) is 0.671. The molecule has 0 spiro atoms. The summed E-state index contributed by atoms with van der Waals surface area (Å²) in [5.41, 5.74) is 5.51. The molecule has 2 rings (SSSR count). The number of aromatic nitrogens is 1. The highest BCUT2D eigenvalue weighted by atomic mass is 16.6. The van der Waals surface area contributed by atoms with E-state index in [-0.39, 0.29) is 11.5 Å². The fraction of sp³-hybridized carbons (Fsp3) is 0.615. The van der Waals surface area contributed by atoms with E-state index in [0.29, 0.717) is 17.9 Å². The molecule has 7 nitrogen and oxygen atoms in total. The van der Waals surface area contributed by atoms with Crippen LogP contribution >= 0.6 is 0 Å². The van der Waals surface area contributed by atoms with Gasteiger partial charge in [0, 0.05) is 25.2 Å². The van der Waals surface area contributed by atoms with Crippen molar-refractivity contribution < 1.29 is 4.92 Å². The Morgan fingerprint density at radius 3 is 2.55 bits per heavy atom. The Morgan fingerprint density at radius 2 is 2.05 bits per heavy atom. The zero-order chi connectivity index (χ0) is 14.7. The molecule has 7 heteroatoms. The van der Waals surface area contributed by atoms with Crippen molar-refractivity contribution in [1.29, 1.82) is 0 Å². The first kappa shape index (κ1) is 14.5. The first-order valence-electron chi connectivity index (χ1n) is 6.84. The van der Waals surface area contributed by atoms with Crippen LogP contribution in [0.15, 0.2) is 12.1 Å². The summed E-state index contributed by atoms with van der Waals surface area (Å²) in [6.45, 7) is 0. The molecule has 0 unspecified atom stereocenters. The summed E-state index contributed by atoms with van der Waals surface area (Å²) in [6, 6.07) is 4.09. The van der Waals surface area contributed by atoms with E-state index in [4.69, 9.17) is 5.73 Å². The maximum absolute atomic E-state index is 10.7. The maximum Gasteiger partial charge on any atom is 0.311 e. The average molecular weight is 279 g/mol. The molecule has 0 atom stereocenters. The third kappa shape index (κ3) is 2.98. The Balaban J connectivity index is 2.08. The number of hydrogen-bond acceptors (Lipinski definition) is 6. The number of nitrogen functional groups attached to an aromatic ring is 1. The third-order valence-electron chi connectivity index (χ3n) is 4.10. The highest BCUT2D eigenvalue weighted by molar-refractivity contribution is 5.58. The van der Waals surface area contributed by atoms with Crippen molar-refractivity contribution in [2.75, 3.05) is 24.7 Å². The van der Waals surface area contributed by atoms with Crippen molar-refractivity contribution in [3.05, 3.63) is 22.2 Å². The van der Waals surface area contributed by atoms with Crippen molar-refractivity contribution >= 4 is 17.3 Å². The van der Waals surface area contributed by atoms with Crippen LogP contribution in [-0.2, 0) is 0 Å². The highest BCUT2D eigenvalue weighted by Gasteiger charge is 2.24. The number of nitrogens with zero attached hydrogens (tertiary/aromatic N) is 3. The second-order valence-electron chi connectivity index (χ2n) is 5.24. The summed E-state index contributed by atoms with van der Waals surface area (Å²) in [6.07, 6.45) is 4.43. The van der Waals surface area contributed by atoms with Crippen LogP contribution in [0.25, 0.3) is 0 Å². The second kappa shape index (κ2) is 6.04. The molecule has 0 radical (unpaired) electrons. The molecular formula is C13H21N5O2. The first-order chi connectivity index (χ1) is 9.52. The summed E-state index contributed by atoms with van der Waals surface area (Å²) in [5, 5.41) is 14.0. The molecular weight excluding hydrogens is 258 g/mol. The van der Waals surface area contributed by atoms with Crippen LogP contribution in [0.3, 0.4) is 0 Å². The molecule has 20 heavy (non-hydrogen) atoms. The monoisotopic (exact) mass is 279 g/mol.